The number of carbonyl (C=O) groups is 2. The molecule has 0 unspecified atom stereocenters. The number of fused-ring (bicyclic) bond motifs is 1. The van der Waals surface area contributed by atoms with Crippen LogP contribution in [0.3, 0.4) is 0 Å². The summed E-state index contributed by atoms with van der Waals surface area (Å²) < 4.78 is 7.07. The van der Waals surface area contributed by atoms with E-state index in [1.807, 2.05) is 30.3 Å². The van der Waals surface area contributed by atoms with E-state index in [4.69, 9.17) is 4.74 Å². The number of benzene rings is 2. The predicted octanol–water partition coefficient (Wildman–Crippen LogP) is 3.74. The van der Waals surface area contributed by atoms with Gasteiger partial charge in [-0.25, -0.2) is 9.78 Å². The quantitative estimate of drug-likeness (QED) is 0.642. The summed E-state index contributed by atoms with van der Waals surface area (Å²) in [5, 5.41) is 3.71. The fourth-order valence-electron chi connectivity index (χ4n) is 3.18. The van der Waals surface area contributed by atoms with Gasteiger partial charge in [0.25, 0.3) is 0 Å². The summed E-state index contributed by atoms with van der Waals surface area (Å²) >= 11 is 1.41. The van der Waals surface area contributed by atoms with Gasteiger partial charge in [-0.15, -0.1) is 0 Å². The maximum absolute atomic E-state index is 12.4. The van der Waals surface area contributed by atoms with Crippen LogP contribution in [-0.2, 0) is 16.1 Å². The molecule has 28 heavy (non-hydrogen) atoms. The Balaban J connectivity index is 1.42. The lowest BCUT2D eigenvalue weighted by Crippen LogP contribution is -2.23. The zero-order chi connectivity index (χ0) is 19.5. The van der Waals surface area contributed by atoms with Crippen molar-refractivity contribution in [2.24, 2.45) is 0 Å². The predicted molar refractivity (Wildman–Crippen MR) is 110 cm³/mol. The van der Waals surface area contributed by atoms with Crippen LogP contribution in [0.25, 0.3) is 11.0 Å². The fourth-order valence-corrected chi connectivity index (χ4v) is 4.05. The number of aromatic nitrogens is 2. The van der Waals surface area contributed by atoms with Gasteiger partial charge in [-0.2, -0.15) is 0 Å². The molecule has 3 aromatic rings. The Bertz CT molecular complexity index is 1030. The summed E-state index contributed by atoms with van der Waals surface area (Å²) in [4.78, 5) is 30.3. The van der Waals surface area contributed by atoms with Crippen molar-refractivity contribution in [1.82, 2.24) is 9.55 Å². The number of nitrogens with zero attached hydrogens (tertiary/aromatic N) is 3. The Morgan fingerprint density at radius 3 is 2.89 bits per heavy atom. The van der Waals surface area contributed by atoms with E-state index in [-0.39, 0.29) is 17.8 Å². The fraction of sp³-hybridized carbons (Fsp3) is 0.250. The Labute approximate surface area is 166 Å². The number of imidazole rings is 1. The second-order valence-corrected chi connectivity index (χ2v) is 7.22. The zero-order valence-corrected chi connectivity index (χ0v) is 16.2. The van der Waals surface area contributed by atoms with E-state index in [0.29, 0.717) is 24.5 Å². The molecule has 1 aliphatic rings. The standard InChI is InChI=1S/C20H20N4O3S/c1-2-23-17-9-4-3-8-16(17)22-19(23)28-13-18(25)21-14-6-5-7-15(12-14)24-10-11-27-20(24)26/h3-9,12H,2,10-11,13H2,1H3,(H,21,25). The van der Waals surface area contributed by atoms with Crippen molar-refractivity contribution >= 4 is 46.2 Å². The van der Waals surface area contributed by atoms with Gasteiger partial charge in [-0.3, -0.25) is 9.69 Å². The molecule has 0 spiro atoms. The zero-order valence-electron chi connectivity index (χ0n) is 15.4. The number of para-hydroxylation sites is 2. The van der Waals surface area contributed by atoms with Crippen LogP contribution < -0.4 is 10.2 Å². The number of amides is 2. The van der Waals surface area contributed by atoms with Crippen LogP contribution in [0.2, 0.25) is 0 Å². The third kappa shape index (κ3) is 3.68. The van der Waals surface area contributed by atoms with Crippen molar-refractivity contribution in [3.05, 3.63) is 48.5 Å². The van der Waals surface area contributed by atoms with Gasteiger partial charge >= 0.3 is 6.09 Å². The molecule has 8 heteroatoms. The molecule has 0 aliphatic carbocycles. The first-order valence-electron chi connectivity index (χ1n) is 9.08. The molecule has 2 aromatic carbocycles. The first-order chi connectivity index (χ1) is 13.7. The monoisotopic (exact) mass is 396 g/mol. The Hall–Kier alpha value is -3.00. The summed E-state index contributed by atoms with van der Waals surface area (Å²) in [6.45, 7) is 3.75. The van der Waals surface area contributed by atoms with Crippen molar-refractivity contribution in [3.8, 4) is 0 Å². The van der Waals surface area contributed by atoms with Gasteiger partial charge in [-0.05, 0) is 37.3 Å². The van der Waals surface area contributed by atoms with Gasteiger partial charge in [0.15, 0.2) is 5.16 Å². The average Bonchev–Trinajstić information content (AvgIpc) is 3.29. The third-order valence-corrected chi connectivity index (χ3v) is 5.45. The number of nitrogens with one attached hydrogen (secondary N) is 1. The van der Waals surface area contributed by atoms with Crippen LogP contribution >= 0.6 is 11.8 Å². The van der Waals surface area contributed by atoms with Gasteiger partial charge in [0.05, 0.1) is 23.3 Å². The SMILES string of the molecule is CCn1c(SCC(=O)Nc2cccc(N3CCOC3=O)c2)nc2ccccc21. The van der Waals surface area contributed by atoms with E-state index in [0.717, 1.165) is 22.7 Å². The van der Waals surface area contributed by atoms with Gasteiger partial charge < -0.3 is 14.6 Å². The summed E-state index contributed by atoms with van der Waals surface area (Å²) in [7, 11) is 0. The molecule has 1 aliphatic heterocycles. The molecule has 4 rings (SSSR count). The van der Waals surface area contributed by atoms with Crippen molar-refractivity contribution in [1.29, 1.82) is 0 Å². The van der Waals surface area contributed by atoms with Crippen molar-refractivity contribution < 1.29 is 14.3 Å². The van der Waals surface area contributed by atoms with Crippen LogP contribution in [-0.4, -0.2) is 40.5 Å². The highest BCUT2D eigenvalue weighted by atomic mass is 32.2. The summed E-state index contributed by atoms with van der Waals surface area (Å²) in [5.41, 5.74) is 3.35. The van der Waals surface area contributed by atoms with E-state index in [2.05, 4.69) is 21.8 Å². The van der Waals surface area contributed by atoms with Crippen molar-refractivity contribution in [3.63, 3.8) is 0 Å². The van der Waals surface area contributed by atoms with Crippen molar-refractivity contribution in [2.75, 3.05) is 29.1 Å². The van der Waals surface area contributed by atoms with Crippen LogP contribution in [0, 0.1) is 0 Å². The number of hydrogen-bond donors (Lipinski definition) is 1. The van der Waals surface area contributed by atoms with Gasteiger partial charge in [-0.1, -0.05) is 30.0 Å². The molecule has 1 aromatic heterocycles. The first kappa shape index (κ1) is 18.4. The average molecular weight is 396 g/mol. The first-order valence-corrected chi connectivity index (χ1v) is 10.1. The smallest absolute Gasteiger partial charge is 0.414 e. The lowest BCUT2D eigenvalue weighted by atomic mass is 10.2. The van der Waals surface area contributed by atoms with E-state index in [1.165, 1.54) is 11.8 Å². The summed E-state index contributed by atoms with van der Waals surface area (Å²) in [6, 6.07) is 15.2. The molecule has 0 bridgehead atoms. The molecule has 0 radical (unpaired) electrons. The number of rotatable bonds is 6. The Morgan fingerprint density at radius 2 is 2.11 bits per heavy atom. The molecular weight excluding hydrogens is 376 g/mol. The minimum absolute atomic E-state index is 0.124. The summed E-state index contributed by atoms with van der Waals surface area (Å²) in [6.07, 6.45) is -0.363. The lowest BCUT2D eigenvalue weighted by Gasteiger charge is -2.14. The number of anilines is 2. The maximum atomic E-state index is 12.4. The molecular formula is C20H20N4O3S. The number of cyclic esters (lactones) is 1. The van der Waals surface area contributed by atoms with Crippen LogP contribution in [0.4, 0.5) is 16.2 Å². The Kier molecular flexibility index (Phi) is 5.21. The normalized spacial score (nSPS) is 13.8. The van der Waals surface area contributed by atoms with Gasteiger partial charge in [0, 0.05) is 17.9 Å². The van der Waals surface area contributed by atoms with Gasteiger partial charge in [0.2, 0.25) is 5.91 Å². The largest absolute Gasteiger partial charge is 0.447 e. The lowest BCUT2D eigenvalue weighted by molar-refractivity contribution is -0.113. The molecule has 1 saturated heterocycles. The maximum Gasteiger partial charge on any atom is 0.414 e. The molecule has 0 atom stereocenters. The number of carbonyl (C=O) groups excluding carboxylic acids is 2. The van der Waals surface area contributed by atoms with E-state index in [9.17, 15) is 9.59 Å². The van der Waals surface area contributed by atoms with E-state index in [1.54, 1.807) is 23.1 Å². The second-order valence-electron chi connectivity index (χ2n) is 6.28. The van der Waals surface area contributed by atoms with Crippen LogP contribution in [0.15, 0.2) is 53.7 Å². The molecule has 144 valence electrons. The topological polar surface area (TPSA) is 76.5 Å². The van der Waals surface area contributed by atoms with Crippen molar-refractivity contribution in [2.45, 2.75) is 18.6 Å². The molecule has 7 nitrogen and oxygen atoms in total. The third-order valence-electron chi connectivity index (χ3n) is 4.47. The highest BCUT2D eigenvalue weighted by molar-refractivity contribution is 7.99. The summed E-state index contributed by atoms with van der Waals surface area (Å²) in [5.74, 6) is 0.125. The number of thioether (sulfide) groups is 1. The number of ether oxygens (including phenoxy) is 1. The minimum atomic E-state index is -0.363. The molecule has 1 fully saturated rings. The van der Waals surface area contributed by atoms with Crippen LogP contribution in [0.1, 0.15) is 6.92 Å². The van der Waals surface area contributed by atoms with Crippen LogP contribution in [0.5, 0.6) is 0 Å². The second kappa shape index (κ2) is 7.93. The highest BCUT2D eigenvalue weighted by Crippen LogP contribution is 2.25. The highest BCUT2D eigenvalue weighted by Gasteiger charge is 2.23. The molecule has 2 amide bonds. The van der Waals surface area contributed by atoms with E-state index >= 15 is 0 Å². The molecule has 2 heterocycles. The minimum Gasteiger partial charge on any atom is -0.447 e. The molecule has 1 N–H and O–H groups in total. The Morgan fingerprint density at radius 1 is 1.25 bits per heavy atom. The number of aryl methyl sites for hydroxylation is 1. The van der Waals surface area contributed by atoms with Gasteiger partial charge in [0.1, 0.15) is 6.61 Å². The van der Waals surface area contributed by atoms with E-state index < -0.39 is 0 Å². The number of hydrogen-bond acceptors (Lipinski definition) is 5. The molecule has 0 saturated carbocycles.